The van der Waals surface area contributed by atoms with Gasteiger partial charge in [-0.3, -0.25) is 0 Å². The molecule has 0 saturated carbocycles. The third-order valence-corrected chi connectivity index (χ3v) is 6.15. The molecule has 35 heavy (non-hydrogen) atoms. The molecule has 180 valence electrons. The van der Waals surface area contributed by atoms with Crippen molar-refractivity contribution in [2.24, 2.45) is 0 Å². The number of anilines is 1. The zero-order chi connectivity index (χ0) is 24.7. The molecule has 1 atom stereocenters. The number of hydrogen-bond acceptors (Lipinski definition) is 6. The number of nitrogens with zero attached hydrogens (tertiary/aromatic N) is 5. The molecule has 3 heterocycles. The third-order valence-electron chi connectivity index (χ3n) is 5.90. The standard InChI is InChI=1S/C26H27ClN6O2/c1-16-24-21-10-5-17(18-14-28-33(15-18)25(34)35-26(2,3)4)13-22(21)23(11-12-32(24)31-30-16)29-20-8-6-19(27)7-9-20/h5-10,13-15,23,29H,11-12H2,1-4H3. The van der Waals surface area contributed by atoms with E-state index < -0.39 is 11.7 Å². The number of halogens is 1. The van der Waals surface area contributed by atoms with Crippen molar-refractivity contribution in [3.63, 3.8) is 0 Å². The fraction of sp³-hybridized carbons (Fsp3) is 0.308. The van der Waals surface area contributed by atoms with Gasteiger partial charge in [0.15, 0.2) is 0 Å². The number of aromatic nitrogens is 5. The van der Waals surface area contributed by atoms with Gasteiger partial charge in [0.1, 0.15) is 5.60 Å². The number of hydrogen-bond donors (Lipinski definition) is 1. The topological polar surface area (TPSA) is 86.9 Å². The van der Waals surface area contributed by atoms with Crippen LogP contribution in [0.1, 0.15) is 44.5 Å². The first-order valence-corrected chi connectivity index (χ1v) is 11.9. The second-order valence-electron chi connectivity index (χ2n) is 9.70. The van der Waals surface area contributed by atoms with Crippen LogP contribution in [0.25, 0.3) is 22.4 Å². The predicted octanol–water partition coefficient (Wildman–Crippen LogP) is 6.11. The molecular formula is C26H27ClN6O2. The maximum Gasteiger partial charge on any atom is 0.435 e. The molecule has 0 amide bonds. The highest BCUT2D eigenvalue weighted by atomic mass is 35.5. The van der Waals surface area contributed by atoms with Gasteiger partial charge in [-0.1, -0.05) is 28.9 Å². The zero-order valence-electron chi connectivity index (χ0n) is 20.1. The van der Waals surface area contributed by atoms with Gasteiger partial charge in [-0.25, -0.2) is 9.48 Å². The minimum absolute atomic E-state index is 0.0353. The lowest BCUT2D eigenvalue weighted by Gasteiger charge is -2.21. The number of nitrogens with one attached hydrogen (secondary N) is 1. The lowest BCUT2D eigenvalue weighted by Crippen LogP contribution is -2.27. The summed E-state index contributed by atoms with van der Waals surface area (Å²) in [5.41, 5.74) is 6.31. The minimum atomic E-state index is -0.595. The van der Waals surface area contributed by atoms with Gasteiger partial charge in [0, 0.05) is 34.6 Å². The SMILES string of the molecule is Cc1nnn2c1-c1ccc(-c3cnn(C(=O)OC(C)(C)C)c3)cc1C(Nc1ccc(Cl)cc1)CC2. The van der Waals surface area contributed by atoms with Crippen molar-refractivity contribution < 1.29 is 9.53 Å². The van der Waals surface area contributed by atoms with E-state index in [0.29, 0.717) is 5.02 Å². The van der Waals surface area contributed by atoms with E-state index >= 15 is 0 Å². The van der Waals surface area contributed by atoms with Gasteiger partial charge in [-0.15, -0.1) is 5.10 Å². The summed E-state index contributed by atoms with van der Waals surface area (Å²) in [5, 5.41) is 17.3. The summed E-state index contributed by atoms with van der Waals surface area (Å²) < 4.78 is 8.65. The summed E-state index contributed by atoms with van der Waals surface area (Å²) in [6, 6.07) is 14.0. The Kier molecular flexibility index (Phi) is 5.84. The number of ether oxygens (including phenoxy) is 1. The number of fused-ring (bicyclic) bond motifs is 3. The Labute approximate surface area is 208 Å². The molecule has 0 bridgehead atoms. The van der Waals surface area contributed by atoms with Crippen molar-refractivity contribution >= 4 is 23.4 Å². The molecule has 0 radical (unpaired) electrons. The molecule has 2 aromatic carbocycles. The Balaban J connectivity index is 1.54. The summed E-state index contributed by atoms with van der Waals surface area (Å²) in [5.74, 6) is 0. The highest BCUT2D eigenvalue weighted by molar-refractivity contribution is 6.30. The number of rotatable bonds is 3. The average Bonchev–Trinajstić information content (AvgIpc) is 3.40. The molecule has 2 aromatic heterocycles. The van der Waals surface area contributed by atoms with Crippen LogP contribution in [0.2, 0.25) is 5.02 Å². The summed E-state index contributed by atoms with van der Waals surface area (Å²) >= 11 is 6.09. The van der Waals surface area contributed by atoms with Crippen molar-refractivity contribution in [1.82, 2.24) is 24.8 Å². The van der Waals surface area contributed by atoms with Gasteiger partial charge in [-0.2, -0.15) is 9.78 Å². The molecule has 1 aliphatic heterocycles. The minimum Gasteiger partial charge on any atom is -0.442 e. The van der Waals surface area contributed by atoms with Crippen LogP contribution in [-0.4, -0.2) is 36.5 Å². The first-order valence-electron chi connectivity index (χ1n) is 11.5. The van der Waals surface area contributed by atoms with Crippen LogP contribution in [0.4, 0.5) is 10.5 Å². The molecule has 1 N–H and O–H groups in total. The molecule has 5 rings (SSSR count). The maximum atomic E-state index is 12.4. The van der Waals surface area contributed by atoms with Crippen LogP contribution in [0.3, 0.4) is 0 Å². The van der Waals surface area contributed by atoms with Crippen molar-refractivity contribution in [3.05, 3.63) is 71.1 Å². The fourth-order valence-corrected chi connectivity index (χ4v) is 4.45. The van der Waals surface area contributed by atoms with E-state index in [-0.39, 0.29) is 6.04 Å². The summed E-state index contributed by atoms with van der Waals surface area (Å²) in [6.45, 7) is 8.21. The molecule has 9 heteroatoms. The maximum absolute atomic E-state index is 12.4. The monoisotopic (exact) mass is 490 g/mol. The first-order chi connectivity index (χ1) is 16.7. The van der Waals surface area contributed by atoms with Crippen LogP contribution in [0.5, 0.6) is 0 Å². The molecule has 8 nitrogen and oxygen atoms in total. The normalized spacial score (nSPS) is 15.2. The lowest BCUT2D eigenvalue weighted by molar-refractivity contribution is 0.0514. The van der Waals surface area contributed by atoms with Gasteiger partial charge in [0.25, 0.3) is 0 Å². The lowest BCUT2D eigenvalue weighted by atomic mass is 9.93. The van der Waals surface area contributed by atoms with Crippen LogP contribution in [0, 0.1) is 6.92 Å². The quantitative estimate of drug-likeness (QED) is 0.373. The Morgan fingerprint density at radius 1 is 1.14 bits per heavy atom. The van der Waals surface area contributed by atoms with Gasteiger partial charge in [0.2, 0.25) is 0 Å². The van der Waals surface area contributed by atoms with E-state index in [0.717, 1.165) is 52.3 Å². The van der Waals surface area contributed by atoms with Crippen molar-refractivity contribution in [3.8, 4) is 22.4 Å². The molecule has 4 aromatic rings. The van der Waals surface area contributed by atoms with Crippen LogP contribution in [0.15, 0.2) is 54.9 Å². The van der Waals surface area contributed by atoms with Crippen LogP contribution in [-0.2, 0) is 11.3 Å². The molecule has 0 fully saturated rings. The number of benzene rings is 2. The highest BCUT2D eigenvalue weighted by Gasteiger charge is 2.26. The van der Waals surface area contributed by atoms with E-state index in [1.165, 1.54) is 4.68 Å². The Bertz CT molecular complexity index is 1380. The van der Waals surface area contributed by atoms with Crippen molar-refractivity contribution in [1.29, 1.82) is 0 Å². The molecule has 1 aliphatic rings. The van der Waals surface area contributed by atoms with Gasteiger partial charge >= 0.3 is 6.09 Å². The fourth-order valence-electron chi connectivity index (χ4n) is 4.32. The average molecular weight is 491 g/mol. The molecule has 1 unspecified atom stereocenters. The second-order valence-corrected chi connectivity index (χ2v) is 10.1. The number of carbonyl (C=O) groups excluding carboxylic acids is 1. The third kappa shape index (κ3) is 4.79. The van der Waals surface area contributed by atoms with Crippen LogP contribution < -0.4 is 5.32 Å². The van der Waals surface area contributed by atoms with E-state index in [1.54, 1.807) is 12.4 Å². The van der Waals surface area contributed by atoms with E-state index in [4.69, 9.17) is 16.3 Å². The summed E-state index contributed by atoms with van der Waals surface area (Å²) in [7, 11) is 0. The Hall–Kier alpha value is -3.65. The summed E-state index contributed by atoms with van der Waals surface area (Å²) in [6.07, 6.45) is 3.70. The number of aryl methyl sites for hydroxylation is 2. The predicted molar refractivity (Wildman–Crippen MR) is 135 cm³/mol. The molecular weight excluding hydrogens is 464 g/mol. The van der Waals surface area contributed by atoms with Crippen molar-refractivity contribution in [2.45, 2.75) is 52.3 Å². The smallest absolute Gasteiger partial charge is 0.435 e. The molecule has 0 spiro atoms. The van der Waals surface area contributed by atoms with E-state index in [2.05, 4.69) is 32.9 Å². The van der Waals surface area contributed by atoms with Gasteiger partial charge in [0.05, 0.1) is 23.6 Å². The highest BCUT2D eigenvalue weighted by Crippen LogP contribution is 2.39. The van der Waals surface area contributed by atoms with Crippen LogP contribution >= 0.6 is 11.6 Å². The first kappa shape index (κ1) is 23.1. The number of carbonyl (C=O) groups is 1. The second kappa shape index (κ2) is 8.85. The molecule has 0 aliphatic carbocycles. The largest absolute Gasteiger partial charge is 0.442 e. The van der Waals surface area contributed by atoms with Gasteiger partial charge in [-0.05, 0) is 75.6 Å². The van der Waals surface area contributed by atoms with E-state index in [9.17, 15) is 4.79 Å². The van der Waals surface area contributed by atoms with E-state index in [1.807, 2.05) is 62.7 Å². The van der Waals surface area contributed by atoms with Gasteiger partial charge < -0.3 is 10.1 Å². The van der Waals surface area contributed by atoms with Crippen molar-refractivity contribution in [2.75, 3.05) is 5.32 Å². The summed E-state index contributed by atoms with van der Waals surface area (Å²) in [4.78, 5) is 12.4. The Morgan fingerprint density at radius 2 is 1.91 bits per heavy atom. The zero-order valence-corrected chi connectivity index (χ0v) is 20.9. The molecule has 0 saturated heterocycles. The Morgan fingerprint density at radius 3 is 2.66 bits per heavy atom.